The van der Waals surface area contributed by atoms with Gasteiger partial charge in [-0.05, 0) is 73.8 Å². The molecule has 0 bridgehead atoms. The molecular formula is C55H76N18O14. The molecule has 2 aliphatic rings. The number of rotatable bonds is 30. The molecule has 4 heterocycles. The number of nitrogens with one attached hydrogen (secondary N) is 12. The number of likely N-dealkylation sites (tertiary alicyclic amines) is 1. The Morgan fingerprint density at radius 2 is 1.28 bits per heavy atom. The molecule has 0 radical (unpaired) electrons. The summed E-state index contributed by atoms with van der Waals surface area (Å²) in [5.74, 6) is -9.02. The van der Waals surface area contributed by atoms with Crippen LogP contribution in [-0.4, -0.2) is 187 Å². The first-order valence-electron chi connectivity index (χ1n) is 28.2. The maximum Gasteiger partial charge on any atom is 0.330 e. The average molecular weight is 1210 g/mol. The monoisotopic (exact) mass is 1210 g/mol. The fourth-order valence-corrected chi connectivity index (χ4v) is 9.91. The molecular weight excluding hydrogens is 1140 g/mol. The van der Waals surface area contributed by atoms with Crippen LogP contribution in [0.4, 0.5) is 4.79 Å². The van der Waals surface area contributed by atoms with Crippen LogP contribution in [0, 0.1) is 5.92 Å². The summed E-state index contributed by atoms with van der Waals surface area (Å²) in [5, 5.41) is 52.4. The summed E-state index contributed by atoms with van der Waals surface area (Å²) >= 11 is 0. The van der Waals surface area contributed by atoms with Crippen LogP contribution in [0.2, 0.25) is 0 Å². The van der Waals surface area contributed by atoms with Gasteiger partial charge < -0.3 is 89.9 Å². The number of primary amides is 1. The van der Waals surface area contributed by atoms with Crippen LogP contribution in [0.5, 0.6) is 5.75 Å². The summed E-state index contributed by atoms with van der Waals surface area (Å²) in [7, 11) is 0. The van der Waals surface area contributed by atoms with Crippen LogP contribution >= 0.6 is 0 Å². The minimum atomic E-state index is -1.82. The number of benzene rings is 2. The van der Waals surface area contributed by atoms with Crippen LogP contribution < -0.4 is 70.6 Å². The average Bonchev–Trinajstić information content (AvgIpc) is 2.71. The predicted molar refractivity (Wildman–Crippen MR) is 310 cm³/mol. The molecule has 32 nitrogen and oxygen atoms in total. The summed E-state index contributed by atoms with van der Waals surface area (Å²) in [4.78, 5) is 165. The number of H-pyrrole nitrogens is 2. The molecule has 2 aromatic heterocycles. The number of urea groups is 1. The van der Waals surface area contributed by atoms with Crippen molar-refractivity contribution in [2.75, 3.05) is 26.3 Å². The molecule has 2 aliphatic heterocycles. The van der Waals surface area contributed by atoms with Crippen molar-refractivity contribution in [3.05, 3.63) is 84.1 Å². The van der Waals surface area contributed by atoms with Gasteiger partial charge in [-0.2, -0.15) is 0 Å². The number of aliphatic hydroxyl groups excluding tert-OH is 2. The number of aromatic amines is 2. The number of para-hydroxylation sites is 1. The summed E-state index contributed by atoms with van der Waals surface area (Å²) < 4.78 is 0. The van der Waals surface area contributed by atoms with E-state index >= 15 is 0 Å². The fraction of sp³-hybridized carbons (Fsp3) is 0.473. The molecule has 470 valence electrons. The second kappa shape index (κ2) is 31.9. The second-order valence-corrected chi connectivity index (χ2v) is 21.4. The van der Waals surface area contributed by atoms with E-state index in [2.05, 4.69) is 67.9 Å². The molecule has 12 amide bonds. The minimum absolute atomic E-state index is 0.0319. The Bertz CT molecular complexity index is 3110. The van der Waals surface area contributed by atoms with Gasteiger partial charge in [0.05, 0.1) is 19.5 Å². The summed E-state index contributed by atoms with van der Waals surface area (Å²) in [6.45, 7) is 1.53. The first-order chi connectivity index (χ1) is 41.5. The zero-order valence-electron chi connectivity index (χ0n) is 47.9. The number of aromatic nitrogens is 3. The molecule has 0 aliphatic carbocycles. The lowest BCUT2D eigenvalue weighted by Gasteiger charge is -2.30. The third-order valence-electron chi connectivity index (χ3n) is 14.3. The maximum absolute atomic E-state index is 14.5. The quantitative estimate of drug-likeness (QED) is 0.0101. The van der Waals surface area contributed by atoms with Gasteiger partial charge in [0.1, 0.15) is 60.1 Å². The van der Waals surface area contributed by atoms with Crippen molar-refractivity contribution in [1.29, 1.82) is 0 Å². The maximum atomic E-state index is 14.5. The molecule has 2 fully saturated rings. The fourth-order valence-electron chi connectivity index (χ4n) is 9.91. The molecule has 0 saturated carbocycles. The number of nitrogens with zero attached hydrogens (tertiary/aromatic N) is 3. The number of imidazole rings is 1. The molecule has 4 aromatic rings. The van der Waals surface area contributed by atoms with Gasteiger partial charge in [-0.1, -0.05) is 44.2 Å². The Hall–Kier alpha value is -9.85. The van der Waals surface area contributed by atoms with E-state index in [0.29, 0.717) is 34.1 Å². The molecule has 32 heteroatoms. The Morgan fingerprint density at radius 1 is 0.690 bits per heavy atom. The van der Waals surface area contributed by atoms with Gasteiger partial charge in [0.2, 0.25) is 53.2 Å². The van der Waals surface area contributed by atoms with E-state index in [-0.39, 0.29) is 94.4 Å². The van der Waals surface area contributed by atoms with Crippen LogP contribution in [-0.2, 0) is 67.2 Å². The highest BCUT2D eigenvalue weighted by atomic mass is 16.3. The van der Waals surface area contributed by atoms with E-state index < -0.39 is 127 Å². The second-order valence-electron chi connectivity index (χ2n) is 21.4. The van der Waals surface area contributed by atoms with Crippen molar-refractivity contribution in [2.45, 2.75) is 132 Å². The largest absolute Gasteiger partial charge is 0.508 e. The van der Waals surface area contributed by atoms with Crippen molar-refractivity contribution >= 4 is 82.0 Å². The van der Waals surface area contributed by atoms with E-state index in [4.69, 9.17) is 17.2 Å². The Kier molecular flexibility index (Phi) is 24.3. The van der Waals surface area contributed by atoms with Gasteiger partial charge in [-0.15, -0.1) is 0 Å². The van der Waals surface area contributed by atoms with Crippen LogP contribution in [0.1, 0.15) is 75.6 Å². The Morgan fingerprint density at radius 3 is 1.86 bits per heavy atom. The molecule has 6 rings (SSSR count). The Balaban J connectivity index is 1.19. The molecule has 2 aromatic carbocycles. The third kappa shape index (κ3) is 19.6. The number of carbonyl (C=O) groups is 11. The number of aromatic hydroxyl groups is 1. The molecule has 0 spiro atoms. The van der Waals surface area contributed by atoms with Gasteiger partial charge in [0.15, 0.2) is 5.96 Å². The van der Waals surface area contributed by atoms with Gasteiger partial charge in [-0.3, -0.25) is 58.4 Å². The van der Waals surface area contributed by atoms with E-state index in [9.17, 15) is 68.1 Å². The highest BCUT2D eigenvalue weighted by molar-refractivity contribution is 5.99. The third-order valence-corrected chi connectivity index (χ3v) is 14.3. The zero-order valence-corrected chi connectivity index (χ0v) is 47.9. The van der Waals surface area contributed by atoms with Crippen molar-refractivity contribution in [3.8, 4) is 5.75 Å². The first-order valence-corrected chi connectivity index (χ1v) is 28.2. The number of guanidine groups is 1. The summed E-state index contributed by atoms with van der Waals surface area (Å²) in [6, 6.07) is -1.24. The van der Waals surface area contributed by atoms with Gasteiger partial charge >= 0.3 is 6.03 Å². The first kappa shape index (κ1) is 66.3. The number of fused-ring (bicyclic) bond motifs is 1. The lowest BCUT2D eigenvalue weighted by Crippen LogP contribution is -2.62. The van der Waals surface area contributed by atoms with Gasteiger partial charge in [0.25, 0.3) is 5.91 Å². The SMILES string of the molecule is CC(C)C[C@H](NC(=O)[C@@H](CO)NC(=O)[C@H](Cc1ccc(O)cc1)NC(=O)[C@H](CO)NC(=O)[C@H](Cc1c[nH]c2ccccc12)NC(=O)[C@H](Cc1cnc[nH]1)NC(=O)[C@@H]1CCC(=O)N1)C(=O)N[C@@H](CCCN=C(N)N)C(=O)N1CCC[C@@H]1C(=O)NNC(N)=O. The number of amides is 12. The number of hydrazine groups is 1. The lowest BCUT2D eigenvalue weighted by molar-refractivity contribution is -0.142. The van der Waals surface area contributed by atoms with Crippen molar-refractivity contribution in [1.82, 2.24) is 73.2 Å². The van der Waals surface area contributed by atoms with Gasteiger partial charge in [0, 0.05) is 67.8 Å². The normalized spacial score (nSPS) is 17.0. The Labute approximate surface area is 498 Å². The van der Waals surface area contributed by atoms with Crippen molar-refractivity contribution < 1.29 is 68.1 Å². The topological polar surface area (TPSA) is 507 Å². The lowest BCUT2D eigenvalue weighted by atomic mass is 10.0. The highest BCUT2D eigenvalue weighted by Crippen LogP contribution is 2.22. The summed E-state index contributed by atoms with van der Waals surface area (Å²) in [5.41, 5.74) is 22.2. The van der Waals surface area contributed by atoms with E-state index in [1.54, 1.807) is 44.3 Å². The zero-order chi connectivity index (χ0) is 63.3. The van der Waals surface area contributed by atoms with Crippen LogP contribution in [0.3, 0.4) is 0 Å². The van der Waals surface area contributed by atoms with E-state index in [1.807, 2.05) is 5.43 Å². The standard InChI is InChI=1S/C55H76N18O14/c1-28(2)19-37(46(79)64-36(9-5-17-60-54(56)57)53(86)73-18-6-10-43(73)52(85)71-72-55(58)87)65-50(83)41(25-74)69-47(80)38(20-29-11-13-32(76)14-12-29)66-51(84)42(26-75)70-48(81)39(21-30-23-61-34-8-4-3-7-33(30)34)67-49(82)40(22-31-24-59-27-62-31)68-45(78)35-15-16-44(77)63-35/h3-4,7-8,11-14,23-24,27-28,35-43,61,74-76H,5-6,9-10,15-22,25-26H2,1-2H3,(H,59,62)(H,63,77)(H,64,79)(H,65,83)(H,66,84)(H,67,82)(H,68,78)(H,69,80)(H,70,81)(H,71,85)(H4,56,57,60)(H3,58,72,87)/t35-,36-,37-,38-,39-,40-,41+,42-,43+/m0/s1. The number of hydrogen-bond acceptors (Lipinski definition) is 16. The van der Waals surface area contributed by atoms with Crippen LogP contribution in [0.15, 0.2) is 72.2 Å². The van der Waals surface area contributed by atoms with Crippen LogP contribution in [0.25, 0.3) is 10.9 Å². The smallest absolute Gasteiger partial charge is 0.330 e. The number of phenolic OH excluding ortho intramolecular Hbond substituents is 1. The van der Waals surface area contributed by atoms with Crippen molar-refractivity contribution in [3.63, 3.8) is 0 Å². The molecule has 9 atom stereocenters. The molecule has 87 heavy (non-hydrogen) atoms. The number of aliphatic imine (C=N–C) groups is 1. The number of phenols is 1. The van der Waals surface area contributed by atoms with Crippen molar-refractivity contribution in [2.24, 2.45) is 28.1 Å². The minimum Gasteiger partial charge on any atom is -0.508 e. The number of carbonyl (C=O) groups excluding carboxylic acids is 11. The molecule has 2 saturated heterocycles. The predicted octanol–water partition coefficient (Wildman–Crippen LogP) is -4.93. The van der Waals surface area contributed by atoms with E-state index in [0.717, 1.165) is 0 Å². The van der Waals surface area contributed by atoms with Gasteiger partial charge in [-0.25, -0.2) is 15.2 Å². The molecule has 0 unspecified atom stereocenters. The number of nitrogens with two attached hydrogens (primary N) is 3. The molecule has 21 N–H and O–H groups in total. The number of hydrogen-bond donors (Lipinski definition) is 18. The van der Waals surface area contributed by atoms with E-state index in [1.165, 1.54) is 41.7 Å². The highest BCUT2D eigenvalue weighted by Gasteiger charge is 2.40. The number of aliphatic hydroxyl groups is 2. The summed E-state index contributed by atoms with van der Waals surface area (Å²) in [6.07, 6.45) is 4.73.